The van der Waals surface area contributed by atoms with E-state index in [1.165, 1.54) is 24.8 Å². The van der Waals surface area contributed by atoms with E-state index in [1.807, 2.05) is 24.3 Å². The van der Waals surface area contributed by atoms with Gasteiger partial charge in [0.1, 0.15) is 5.71 Å². The molecule has 112 valence electrons. The fourth-order valence-corrected chi connectivity index (χ4v) is 2.17. The number of anilines is 1. The smallest absolute Gasteiger partial charge is 0.271 e. The fraction of sp³-hybridized carbons (Fsp3) is 0.438. The molecule has 0 saturated carbocycles. The lowest BCUT2D eigenvalue weighted by molar-refractivity contribution is -0.121. The van der Waals surface area contributed by atoms with Crippen molar-refractivity contribution >= 4 is 23.2 Å². The molecule has 0 bridgehead atoms. The largest absolute Gasteiger partial charge is 0.321 e. The van der Waals surface area contributed by atoms with Crippen molar-refractivity contribution in [2.45, 2.75) is 45.4 Å². The Morgan fingerprint density at radius 2 is 2.00 bits per heavy atom. The normalized spacial score (nSPS) is 14.3. The Balaban J connectivity index is 1.88. The van der Waals surface area contributed by atoms with E-state index in [0.29, 0.717) is 18.6 Å². The lowest BCUT2D eigenvalue weighted by Crippen LogP contribution is -2.32. The van der Waals surface area contributed by atoms with Crippen molar-refractivity contribution in [1.29, 1.82) is 0 Å². The zero-order chi connectivity index (χ0) is 15.1. The van der Waals surface area contributed by atoms with Crippen LogP contribution in [-0.2, 0) is 16.0 Å². The molecule has 1 aromatic rings. The van der Waals surface area contributed by atoms with Gasteiger partial charge in [0.15, 0.2) is 0 Å². The minimum atomic E-state index is -0.256. The van der Waals surface area contributed by atoms with Gasteiger partial charge in [0, 0.05) is 18.5 Å². The first-order valence-corrected chi connectivity index (χ1v) is 7.44. The van der Waals surface area contributed by atoms with Gasteiger partial charge in [0.25, 0.3) is 5.91 Å². The standard InChI is InChI=1S/C16H21N3O2/c1-2-3-4-5-12-6-8-13(9-7-12)17-16(21)14-10-11-15(20)19-18-14/h6-9H,2-5,10-11H2,1H3,(H,17,21)(H,19,20). The lowest BCUT2D eigenvalue weighted by atomic mass is 10.1. The molecule has 5 heteroatoms. The van der Waals surface area contributed by atoms with Gasteiger partial charge in [-0.05, 0) is 30.5 Å². The van der Waals surface area contributed by atoms with Crippen molar-refractivity contribution in [2.75, 3.05) is 5.32 Å². The minimum absolute atomic E-state index is 0.150. The lowest BCUT2D eigenvalue weighted by Gasteiger charge is -2.12. The van der Waals surface area contributed by atoms with Gasteiger partial charge < -0.3 is 5.32 Å². The highest BCUT2D eigenvalue weighted by Gasteiger charge is 2.18. The number of carbonyl (C=O) groups is 2. The van der Waals surface area contributed by atoms with Gasteiger partial charge in [0.2, 0.25) is 5.91 Å². The van der Waals surface area contributed by atoms with Crippen molar-refractivity contribution in [3.63, 3.8) is 0 Å². The predicted molar refractivity (Wildman–Crippen MR) is 83.1 cm³/mol. The van der Waals surface area contributed by atoms with Gasteiger partial charge >= 0.3 is 0 Å². The number of nitrogens with zero attached hydrogens (tertiary/aromatic N) is 1. The first-order valence-electron chi connectivity index (χ1n) is 7.44. The van der Waals surface area contributed by atoms with Crippen LogP contribution in [0.15, 0.2) is 29.4 Å². The maximum absolute atomic E-state index is 12.0. The van der Waals surface area contributed by atoms with E-state index < -0.39 is 0 Å². The summed E-state index contributed by atoms with van der Waals surface area (Å²) in [6.07, 6.45) is 5.41. The summed E-state index contributed by atoms with van der Waals surface area (Å²) in [5.41, 5.74) is 4.72. The molecule has 0 atom stereocenters. The second kappa shape index (κ2) is 7.57. The fourth-order valence-electron chi connectivity index (χ4n) is 2.17. The average Bonchev–Trinajstić information content (AvgIpc) is 2.50. The van der Waals surface area contributed by atoms with Crippen LogP contribution < -0.4 is 10.7 Å². The van der Waals surface area contributed by atoms with Crippen molar-refractivity contribution in [2.24, 2.45) is 5.10 Å². The average molecular weight is 287 g/mol. The SMILES string of the molecule is CCCCCc1ccc(NC(=O)C2=NNC(=O)CC2)cc1. The summed E-state index contributed by atoms with van der Waals surface area (Å²) in [7, 11) is 0. The molecule has 1 heterocycles. The van der Waals surface area contributed by atoms with E-state index in [4.69, 9.17) is 0 Å². The number of amides is 2. The van der Waals surface area contributed by atoms with Crippen molar-refractivity contribution in [3.05, 3.63) is 29.8 Å². The topological polar surface area (TPSA) is 70.6 Å². The van der Waals surface area contributed by atoms with Crippen LogP contribution in [0, 0.1) is 0 Å². The van der Waals surface area contributed by atoms with Gasteiger partial charge in [-0.25, -0.2) is 5.43 Å². The van der Waals surface area contributed by atoms with Crippen LogP contribution in [0.5, 0.6) is 0 Å². The van der Waals surface area contributed by atoms with Crippen LogP contribution in [0.3, 0.4) is 0 Å². The molecule has 0 radical (unpaired) electrons. The molecule has 2 amide bonds. The molecule has 1 aliphatic heterocycles. The Labute approximate surface area is 124 Å². The molecule has 0 aliphatic carbocycles. The van der Waals surface area contributed by atoms with Crippen molar-refractivity contribution < 1.29 is 9.59 Å². The monoisotopic (exact) mass is 287 g/mol. The van der Waals surface area contributed by atoms with Crippen molar-refractivity contribution in [1.82, 2.24) is 5.43 Å². The molecule has 1 aromatic carbocycles. The molecule has 0 saturated heterocycles. The molecule has 0 fully saturated rings. The molecule has 1 aliphatic rings. The van der Waals surface area contributed by atoms with Crippen LogP contribution in [-0.4, -0.2) is 17.5 Å². The zero-order valence-electron chi connectivity index (χ0n) is 12.3. The van der Waals surface area contributed by atoms with E-state index >= 15 is 0 Å². The predicted octanol–water partition coefficient (Wildman–Crippen LogP) is 2.62. The summed E-state index contributed by atoms with van der Waals surface area (Å²) in [6.45, 7) is 2.19. The van der Waals surface area contributed by atoms with Gasteiger partial charge in [-0.3, -0.25) is 9.59 Å². The summed E-state index contributed by atoms with van der Waals surface area (Å²) in [4.78, 5) is 23.0. The molecule has 0 aromatic heterocycles. The maximum atomic E-state index is 12.0. The molecular formula is C16H21N3O2. The van der Waals surface area contributed by atoms with Crippen molar-refractivity contribution in [3.8, 4) is 0 Å². The summed E-state index contributed by atoms with van der Waals surface area (Å²) in [5, 5.41) is 6.58. The van der Waals surface area contributed by atoms with Crippen LogP contribution in [0.4, 0.5) is 5.69 Å². The number of hydrogen-bond acceptors (Lipinski definition) is 3. The molecule has 0 unspecified atom stereocenters. The zero-order valence-corrected chi connectivity index (χ0v) is 12.3. The van der Waals surface area contributed by atoms with E-state index in [2.05, 4.69) is 22.8 Å². The van der Waals surface area contributed by atoms with E-state index in [-0.39, 0.29) is 11.8 Å². The number of nitrogens with one attached hydrogen (secondary N) is 2. The first kappa shape index (κ1) is 15.2. The van der Waals surface area contributed by atoms with Crippen LogP contribution in [0.2, 0.25) is 0 Å². The third kappa shape index (κ3) is 4.70. The van der Waals surface area contributed by atoms with Crippen LogP contribution >= 0.6 is 0 Å². The number of hydrazone groups is 1. The maximum Gasteiger partial charge on any atom is 0.271 e. The second-order valence-electron chi connectivity index (χ2n) is 5.20. The summed E-state index contributed by atoms with van der Waals surface area (Å²) in [6, 6.07) is 7.88. The minimum Gasteiger partial charge on any atom is -0.321 e. The summed E-state index contributed by atoms with van der Waals surface area (Å²) in [5.74, 6) is -0.406. The number of aryl methyl sites for hydroxylation is 1. The first-order chi connectivity index (χ1) is 10.2. The Bertz CT molecular complexity index is 535. The van der Waals surface area contributed by atoms with Gasteiger partial charge in [-0.15, -0.1) is 0 Å². The van der Waals surface area contributed by atoms with Crippen LogP contribution in [0.25, 0.3) is 0 Å². The quantitative estimate of drug-likeness (QED) is 0.790. The molecular weight excluding hydrogens is 266 g/mol. The van der Waals surface area contributed by atoms with Gasteiger partial charge in [0.05, 0.1) is 0 Å². The number of benzene rings is 1. The highest BCUT2D eigenvalue weighted by atomic mass is 16.2. The highest BCUT2D eigenvalue weighted by molar-refractivity contribution is 6.43. The van der Waals surface area contributed by atoms with E-state index in [0.717, 1.165) is 12.1 Å². The number of hydrogen-bond donors (Lipinski definition) is 2. The molecule has 5 nitrogen and oxygen atoms in total. The Hall–Kier alpha value is -2.17. The van der Waals surface area contributed by atoms with Gasteiger partial charge in [-0.1, -0.05) is 31.9 Å². The second-order valence-corrected chi connectivity index (χ2v) is 5.20. The van der Waals surface area contributed by atoms with Crippen LogP contribution in [0.1, 0.15) is 44.6 Å². The Morgan fingerprint density at radius 3 is 2.62 bits per heavy atom. The molecule has 2 N–H and O–H groups in total. The molecule has 21 heavy (non-hydrogen) atoms. The third-order valence-corrected chi connectivity index (χ3v) is 3.45. The highest BCUT2D eigenvalue weighted by Crippen LogP contribution is 2.13. The Morgan fingerprint density at radius 1 is 1.24 bits per heavy atom. The third-order valence-electron chi connectivity index (χ3n) is 3.45. The molecule has 2 rings (SSSR count). The van der Waals surface area contributed by atoms with E-state index in [1.54, 1.807) is 0 Å². The number of unbranched alkanes of at least 4 members (excludes halogenated alkanes) is 2. The Kier molecular flexibility index (Phi) is 5.49. The number of carbonyl (C=O) groups excluding carboxylic acids is 2. The molecule has 0 spiro atoms. The summed E-state index contributed by atoms with van der Waals surface area (Å²) < 4.78 is 0. The van der Waals surface area contributed by atoms with E-state index in [9.17, 15) is 9.59 Å². The van der Waals surface area contributed by atoms with Gasteiger partial charge in [-0.2, -0.15) is 5.10 Å². The number of rotatable bonds is 6. The summed E-state index contributed by atoms with van der Waals surface area (Å²) >= 11 is 0.